The number of fused-ring (bicyclic) bond motifs is 1. The zero-order chi connectivity index (χ0) is 24.6. The van der Waals surface area contributed by atoms with Crippen molar-refractivity contribution in [1.82, 2.24) is 30.0 Å². The number of hydrogen-bond acceptors (Lipinski definition) is 5. The molecule has 1 aliphatic rings. The van der Waals surface area contributed by atoms with Crippen LogP contribution in [0.4, 0.5) is 5.69 Å². The molecule has 176 valence electrons. The fourth-order valence-corrected chi connectivity index (χ4v) is 5.44. The molecule has 3 aromatic heterocycles. The van der Waals surface area contributed by atoms with Gasteiger partial charge in [0.2, 0.25) is 5.91 Å². The van der Waals surface area contributed by atoms with Crippen molar-refractivity contribution in [1.29, 1.82) is 0 Å². The van der Waals surface area contributed by atoms with Gasteiger partial charge in [0.05, 0.1) is 17.6 Å². The first-order chi connectivity index (χ1) is 16.9. The number of aromatic nitrogens is 5. The molecule has 4 aromatic rings. The average molecular weight is 530 g/mol. The van der Waals surface area contributed by atoms with Gasteiger partial charge in [-0.25, -0.2) is 19.5 Å². The molecule has 5 rings (SSSR count). The molecular weight excluding hydrogens is 506 g/mol. The number of nitrogens with one attached hydrogen (secondary N) is 1. The number of amides is 1. The molecule has 1 aliphatic carbocycles. The molecule has 1 N–H and O–H groups in total. The molecule has 8 nitrogen and oxygen atoms in total. The lowest BCUT2D eigenvalue weighted by Crippen LogP contribution is -2.35. The summed E-state index contributed by atoms with van der Waals surface area (Å²) >= 11 is 3.53. The van der Waals surface area contributed by atoms with Crippen LogP contribution >= 0.6 is 15.9 Å². The Balaban J connectivity index is 1.48. The summed E-state index contributed by atoms with van der Waals surface area (Å²) in [5.74, 6) is 1.18. The lowest BCUT2D eigenvalue weighted by Gasteiger charge is -2.21. The largest absolute Gasteiger partial charge is 0.359 e. The second-order valence-corrected chi connectivity index (χ2v) is 9.98. The number of rotatable bonds is 5. The van der Waals surface area contributed by atoms with Crippen molar-refractivity contribution >= 4 is 38.6 Å². The molecule has 9 heteroatoms. The highest BCUT2D eigenvalue weighted by atomic mass is 79.9. The molecule has 1 amide bonds. The van der Waals surface area contributed by atoms with Crippen molar-refractivity contribution in [3.8, 4) is 16.8 Å². The number of hydrogen-bond donors (Lipinski definition) is 1. The Hall–Kier alpha value is -3.64. The van der Waals surface area contributed by atoms with E-state index in [2.05, 4.69) is 41.2 Å². The van der Waals surface area contributed by atoms with Crippen LogP contribution in [0.1, 0.15) is 32.0 Å². The summed E-state index contributed by atoms with van der Waals surface area (Å²) in [6.07, 6.45) is 8.62. The molecule has 35 heavy (non-hydrogen) atoms. The Bertz CT molecular complexity index is 1460. The van der Waals surface area contributed by atoms with Crippen LogP contribution < -0.4 is 5.32 Å². The molecule has 0 saturated heterocycles. The van der Waals surface area contributed by atoms with Crippen molar-refractivity contribution in [3.05, 3.63) is 70.8 Å². The quantitative estimate of drug-likeness (QED) is 0.355. The first-order valence-corrected chi connectivity index (χ1v) is 12.3. The fraction of sp³-hybridized carbons (Fsp3) is 0.308. The van der Waals surface area contributed by atoms with Crippen LogP contribution in [0.5, 0.6) is 0 Å². The summed E-state index contributed by atoms with van der Waals surface area (Å²) in [5, 5.41) is 8.23. The first-order valence-electron chi connectivity index (χ1n) is 11.5. The van der Waals surface area contributed by atoms with E-state index >= 15 is 0 Å². The van der Waals surface area contributed by atoms with Crippen molar-refractivity contribution in [2.75, 3.05) is 7.05 Å². The molecule has 1 fully saturated rings. The zero-order valence-electron chi connectivity index (χ0n) is 19.5. The van der Waals surface area contributed by atoms with Crippen LogP contribution in [-0.2, 0) is 11.2 Å². The van der Waals surface area contributed by atoms with Crippen LogP contribution in [-0.4, -0.2) is 37.7 Å². The molecule has 0 bridgehead atoms. The molecule has 0 spiro atoms. The summed E-state index contributed by atoms with van der Waals surface area (Å²) in [7, 11) is 1.69. The number of carbonyl (C=O) groups is 1. The van der Waals surface area contributed by atoms with Crippen LogP contribution in [0.2, 0.25) is 0 Å². The van der Waals surface area contributed by atoms with Crippen LogP contribution in [0.3, 0.4) is 0 Å². The number of nitrogens with zero attached hydrogens (tertiary/aromatic N) is 6. The van der Waals surface area contributed by atoms with E-state index in [4.69, 9.17) is 11.6 Å². The fourth-order valence-electron chi connectivity index (χ4n) is 5.00. The van der Waals surface area contributed by atoms with Crippen LogP contribution in [0, 0.1) is 17.9 Å². The van der Waals surface area contributed by atoms with Gasteiger partial charge in [-0.3, -0.25) is 9.78 Å². The van der Waals surface area contributed by atoms with Crippen molar-refractivity contribution < 1.29 is 4.79 Å². The van der Waals surface area contributed by atoms with E-state index in [1.807, 2.05) is 37.3 Å². The van der Waals surface area contributed by atoms with Crippen molar-refractivity contribution in [2.45, 2.75) is 32.6 Å². The van der Waals surface area contributed by atoms with E-state index in [0.29, 0.717) is 28.3 Å². The van der Waals surface area contributed by atoms with E-state index in [9.17, 15) is 4.79 Å². The van der Waals surface area contributed by atoms with Gasteiger partial charge in [0.15, 0.2) is 11.3 Å². The lowest BCUT2D eigenvalue weighted by molar-refractivity contribution is -0.129. The zero-order valence-corrected chi connectivity index (χ0v) is 21.1. The summed E-state index contributed by atoms with van der Waals surface area (Å²) in [4.78, 5) is 29.7. The maximum atomic E-state index is 12.3. The third kappa shape index (κ3) is 4.30. The Labute approximate surface area is 211 Å². The molecule has 1 saturated carbocycles. The van der Waals surface area contributed by atoms with Gasteiger partial charge in [-0.05, 0) is 70.4 Å². The van der Waals surface area contributed by atoms with E-state index in [1.54, 1.807) is 30.3 Å². The van der Waals surface area contributed by atoms with Gasteiger partial charge in [-0.2, -0.15) is 5.10 Å². The monoisotopic (exact) mass is 529 g/mol. The van der Waals surface area contributed by atoms with Crippen LogP contribution in [0.15, 0.2) is 53.5 Å². The van der Waals surface area contributed by atoms with Crippen molar-refractivity contribution in [3.63, 3.8) is 0 Å². The predicted molar refractivity (Wildman–Crippen MR) is 137 cm³/mol. The first kappa shape index (κ1) is 23.1. The molecule has 0 radical (unpaired) electrons. The topological polar surface area (TPSA) is 90.0 Å². The third-order valence-corrected chi connectivity index (χ3v) is 7.42. The summed E-state index contributed by atoms with van der Waals surface area (Å²) in [5.41, 5.74) is 3.32. The van der Waals surface area contributed by atoms with Gasteiger partial charge < -0.3 is 5.32 Å². The molecule has 3 heterocycles. The van der Waals surface area contributed by atoms with Gasteiger partial charge in [0, 0.05) is 37.5 Å². The van der Waals surface area contributed by atoms with E-state index in [1.165, 1.54) is 0 Å². The minimum Gasteiger partial charge on any atom is -0.359 e. The second-order valence-electron chi connectivity index (χ2n) is 9.23. The van der Waals surface area contributed by atoms with Gasteiger partial charge in [-0.1, -0.05) is 19.1 Å². The maximum Gasteiger partial charge on any atom is 0.225 e. The highest BCUT2D eigenvalue weighted by molar-refractivity contribution is 9.10. The predicted octanol–water partition coefficient (Wildman–Crippen LogP) is 5.29. The van der Waals surface area contributed by atoms with E-state index in [0.717, 1.165) is 47.3 Å². The third-order valence-electron chi connectivity index (χ3n) is 6.84. The Morgan fingerprint density at radius 1 is 1.34 bits per heavy atom. The molecule has 2 atom stereocenters. The number of benzene rings is 1. The molecular formula is C26H24BrN7O. The Kier molecular flexibility index (Phi) is 6.07. The van der Waals surface area contributed by atoms with Crippen LogP contribution in [0.25, 0.3) is 32.7 Å². The average Bonchev–Trinajstić information content (AvgIpc) is 3.43. The molecule has 1 unspecified atom stereocenters. The number of carbonyl (C=O) groups excluding carboxylic acids is 1. The summed E-state index contributed by atoms with van der Waals surface area (Å²) < 4.78 is 2.39. The van der Waals surface area contributed by atoms with Gasteiger partial charge >= 0.3 is 0 Å². The standard InChI is InChI=1S/C26H24BrN7O/c1-26(25(35)29-3)9-8-16(13-26)11-22-31-15-20-23(27)33-34(24(20)32-22)18-6-7-19(21(12-18)28-2)17-5-4-10-30-14-17/h4-7,10,12,14-16H,8-9,11,13H2,1,3H3,(H,29,35)/t16-,26?/m0/s1. The number of halogens is 1. The van der Waals surface area contributed by atoms with Gasteiger partial charge in [0.25, 0.3) is 0 Å². The highest BCUT2D eigenvalue weighted by Gasteiger charge is 2.40. The minimum absolute atomic E-state index is 0.101. The lowest BCUT2D eigenvalue weighted by atomic mass is 9.86. The number of pyridine rings is 1. The van der Waals surface area contributed by atoms with E-state index in [-0.39, 0.29) is 11.3 Å². The smallest absolute Gasteiger partial charge is 0.225 e. The van der Waals surface area contributed by atoms with Gasteiger partial charge in [0.1, 0.15) is 10.4 Å². The normalized spacial score (nSPS) is 19.5. The molecule has 1 aromatic carbocycles. The van der Waals surface area contributed by atoms with E-state index < -0.39 is 0 Å². The van der Waals surface area contributed by atoms with Gasteiger partial charge in [-0.15, -0.1) is 0 Å². The Morgan fingerprint density at radius 2 is 2.20 bits per heavy atom. The van der Waals surface area contributed by atoms with Crippen molar-refractivity contribution in [2.24, 2.45) is 11.3 Å². The second kappa shape index (κ2) is 9.19. The summed E-state index contributed by atoms with van der Waals surface area (Å²) in [6, 6.07) is 9.47. The highest BCUT2D eigenvalue weighted by Crippen LogP contribution is 2.43. The minimum atomic E-state index is -0.333. The summed E-state index contributed by atoms with van der Waals surface area (Å²) in [6.45, 7) is 9.74. The molecule has 0 aliphatic heterocycles. The Morgan fingerprint density at radius 3 is 2.94 bits per heavy atom. The SMILES string of the molecule is [C-]#[N+]c1cc(-n2nc(Br)c3cnc(C[C@@H]4CCC(C)(C(=O)NC)C4)nc32)ccc1-c1cccnc1. The maximum absolute atomic E-state index is 12.3.